The number of carbonyl (C=O) groups excluding carboxylic acids is 2. The van der Waals surface area contributed by atoms with Gasteiger partial charge < -0.3 is 24.8 Å². The number of hydrogen-bond acceptors (Lipinski definition) is 5. The fourth-order valence-corrected chi connectivity index (χ4v) is 4.11. The van der Waals surface area contributed by atoms with Crippen LogP contribution in [0.1, 0.15) is 28.8 Å². The first-order valence-electron chi connectivity index (χ1n) is 11.1. The summed E-state index contributed by atoms with van der Waals surface area (Å²) in [5.74, 6) is 1.14. The molecular weight excluding hydrogens is 432 g/mol. The second-order valence-electron chi connectivity index (χ2n) is 8.14. The van der Waals surface area contributed by atoms with Gasteiger partial charge in [0.1, 0.15) is 11.5 Å². The molecule has 0 atom stereocenters. The second-order valence-corrected chi connectivity index (χ2v) is 8.14. The van der Waals surface area contributed by atoms with Gasteiger partial charge in [-0.05, 0) is 79.1 Å². The Bertz CT molecular complexity index is 1120. The highest BCUT2D eigenvalue weighted by Gasteiger charge is 2.41. The quantitative estimate of drug-likeness (QED) is 0.536. The van der Waals surface area contributed by atoms with E-state index in [1.165, 1.54) is 0 Å². The van der Waals surface area contributed by atoms with E-state index in [-0.39, 0.29) is 11.8 Å². The zero-order valence-electron chi connectivity index (χ0n) is 19.3. The minimum atomic E-state index is -0.686. The van der Waals surface area contributed by atoms with E-state index in [1.54, 1.807) is 62.8 Å². The van der Waals surface area contributed by atoms with Crippen LogP contribution in [-0.2, 0) is 14.9 Å². The fourth-order valence-electron chi connectivity index (χ4n) is 4.11. The largest absolute Gasteiger partial charge is 0.497 e. The molecule has 1 heterocycles. The first-order chi connectivity index (χ1) is 16.5. The molecule has 1 fully saturated rings. The third kappa shape index (κ3) is 5.05. The average Bonchev–Trinajstić information content (AvgIpc) is 2.90. The van der Waals surface area contributed by atoms with Crippen molar-refractivity contribution in [2.24, 2.45) is 0 Å². The highest BCUT2D eigenvalue weighted by molar-refractivity contribution is 6.05. The lowest BCUT2D eigenvalue weighted by molar-refractivity contribution is -0.125. The zero-order valence-corrected chi connectivity index (χ0v) is 19.3. The van der Waals surface area contributed by atoms with Gasteiger partial charge in [0.15, 0.2) is 0 Å². The van der Waals surface area contributed by atoms with Crippen molar-refractivity contribution in [3.8, 4) is 11.5 Å². The van der Waals surface area contributed by atoms with E-state index in [2.05, 4.69) is 10.6 Å². The smallest absolute Gasteiger partial charge is 0.255 e. The van der Waals surface area contributed by atoms with Crippen LogP contribution in [0, 0.1) is 0 Å². The summed E-state index contributed by atoms with van der Waals surface area (Å²) in [6, 6.07) is 21.6. The van der Waals surface area contributed by atoms with Crippen molar-refractivity contribution in [1.29, 1.82) is 0 Å². The molecule has 1 aliphatic heterocycles. The molecule has 7 heteroatoms. The number of amides is 2. The first kappa shape index (κ1) is 23.3. The number of benzene rings is 3. The summed E-state index contributed by atoms with van der Waals surface area (Å²) in [5, 5.41) is 5.89. The average molecular weight is 461 g/mol. The number of anilines is 2. The highest BCUT2D eigenvalue weighted by Crippen LogP contribution is 2.37. The summed E-state index contributed by atoms with van der Waals surface area (Å²) in [5.41, 5.74) is 2.04. The number of ether oxygens (including phenoxy) is 3. The van der Waals surface area contributed by atoms with Gasteiger partial charge in [-0.1, -0.05) is 12.1 Å². The molecule has 0 bridgehead atoms. The molecule has 0 aromatic heterocycles. The molecule has 2 amide bonds. The van der Waals surface area contributed by atoms with E-state index in [9.17, 15) is 9.59 Å². The Morgan fingerprint density at radius 2 is 1.24 bits per heavy atom. The highest BCUT2D eigenvalue weighted by atomic mass is 16.5. The van der Waals surface area contributed by atoms with Crippen LogP contribution in [-0.4, -0.2) is 39.2 Å². The second kappa shape index (κ2) is 10.4. The minimum Gasteiger partial charge on any atom is -0.497 e. The summed E-state index contributed by atoms with van der Waals surface area (Å²) >= 11 is 0. The molecule has 0 aliphatic carbocycles. The first-order valence-corrected chi connectivity index (χ1v) is 11.1. The minimum absolute atomic E-state index is 0.0867. The van der Waals surface area contributed by atoms with Crippen molar-refractivity contribution < 1.29 is 23.8 Å². The van der Waals surface area contributed by atoms with Crippen molar-refractivity contribution in [2.45, 2.75) is 18.3 Å². The monoisotopic (exact) mass is 460 g/mol. The molecule has 7 nitrogen and oxygen atoms in total. The van der Waals surface area contributed by atoms with Crippen molar-refractivity contribution >= 4 is 23.2 Å². The van der Waals surface area contributed by atoms with Crippen LogP contribution < -0.4 is 20.1 Å². The summed E-state index contributed by atoms with van der Waals surface area (Å²) in [7, 11) is 3.21. The Hall–Kier alpha value is -3.84. The van der Waals surface area contributed by atoms with Gasteiger partial charge >= 0.3 is 0 Å². The molecule has 34 heavy (non-hydrogen) atoms. The molecule has 176 valence electrons. The molecule has 0 unspecified atom stereocenters. The maximum absolute atomic E-state index is 13.5. The molecule has 1 saturated heterocycles. The zero-order chi connectivity index (χ0) is 24.0. The Morgan fingerprint density at radius 1 is 0.735 bits per heavy atom. The van der Waals surface area contributed by atoms with E-state index < -0.39 is 5.41 Å². The van der Waals surface area contributed by atoms with Gasteiger partial charge in [0.2, 0.25) is 5.91 Å². The number of hydrogen-bond donors (Lipinski definition) is 2. The predicted octanol–water partition coefficient (Wildman–Crippen LogP) is 4.64. The van der Waals surface area contributed by atoms with E-state index in [1.807, 2.05) is 24.3 Å². The van der Waals surface area contributed by atoms with Gasteiger partial charge in [0, 0.05) is 30.2 Å². The van der Waals surface area contributed by atoms with Crippen LogP contribution >= 0.6 is 0 Å². The van der Waals surface area contributed by atoms with Gasteiger partial charge in [-0.2, -0.15) is 0 Å². The van der Waals surface area contributed by atoms with Crippen molar-refractivity contribution in [1.82, 2.24) is 0 Å². The molecule has 4 rings (SSSR count). The van der Waals surface area contributed by atoms with Crippen molar-refractivity contribution in [3.05, 3.63) is 83.9 Å². The summed E-state index contributed by atoms with van der Waals surface area (Å²) in [4.78, 5) is 26.1. The number of nitrogens with one attached hydrogen (secondary N) is 2. The molecule has 0 spiro atoms. The summed E-state index contributed by atoms with van der Waals surface area (Å²) in [6.07, 6.45) is 1.18. The molecule has 1 aliphatic rings. The van der Waals surface area contributed by atoms with E-state index >= 15 is 0 Å². The molecular formula is C27H28N2O5. The van der Waals surface area contributed by atoms with Gasteiger partial charge in [0.05, 0.1) is 19.6 Å². The van der Waals surface area contributed by atoms with E-state index in [4.69, 9.17) is 14.2 Å². The topological polar surface area (TPSA) is 85.9 Å². The molecule has 0 saturated carbocycles. The van der Waals surface area contributed by atoms with Crippen molar-refractivity contribution in [2.75, 3.05) is 38.1 Å². The normalized spacial score (nSPS) is 14.6. The van der Waals surface area contributed by atoms with Crippen LogP contribution in [0.4, 0.5) is 11.4 Å². The number of rotatable bonds is 7. The third-order valence-corrected chi connectivity index (χ3v) is 6.18. The lowest BCUT2D eigenvalue weighted by Crippen LogP contribution is -2.44. The summed E-state index contributed by atoms with van der Waals surface area (Å²) in [6.45, 7) is 1.04. The maximum atomic E-state index is 13.5. The molecule has 0 radical (unpaired) electrons. The van der Waals surface area contributed by atoms with Gasteiger partial charge in [-0.15, -0.1) is 0 Å². The van der Waals surface area contributed by atoms with Crippen LogP contribution in [0.25, 0.3) is 0 Å². The Balaban J connectivity index is 1.46. The Morgan fingerprint density at radius 3 is 1.79 bits per heavy atom. The molecule has 3 aromatic rings. The SMILES string of the molecule is COc1ccc(NC(=O)c2ccc(NC(=O)C3(c4ccc(OC)cc4)CCOCC3)cc2)cc1. The van der Waals surface area contributed by atoms with Gasteiger partial charge in [0.25, 0.3) is 5.91 Å². The van der Waals surface area contributed by atoms with E-state index in [0.29, 0.717) is 43.0 Å². The third-order valence-electron chi connectivity index (χ3n) is 6.18. The number of methoxy groups -OCH3 is 2. The summed E-state index contributed by atoms with van der Waals surface area (Å²) < 4.78 is 15.9. The lowest BCUT2D eigenvalue weighted by Gasteiger charge is -2.36. The number of carbonyl (C=O) groups is 2. The Labute approximate surface area is 199 Å². The maximum Gasteiger partial charge on any atom is 0.255 e. The standard InChI is InChI=1S/C27H28N2O5/c1-32-23-11-5-20(6-12-23)27(15-17-34-18-16-27)26(31)29-22-7-3-19(4-8-22)25(30)28-21-9-13-24(33-2)14-10-21/h3-14H,15-18H2,1-2H3,(H,28,30)(H,29,31). The Kier molecular flexibility index (Phi) is 7.13. The van der Waals surface area contributed by atoms with E-state index in [0.717, 1.165) is 17.1 Å². The predicted molar refractivity (Wildman–Crippen MR) is 131 cm³/mol. The fraction of sp³-hybridized carbons (Fsp3) is 0.259. The van der Waals surface area contributed by atoms with Gasteiger partial charge in [-0.25, -0.2) is 0 Å². The van der Waals surface area contributed by atoms with Crippen LogP contribution in [0.15, 0.2) is 72.8 Å². The molecule has 2 N–H and O–H groups in total. The lowest BCUT2D eigenvalue weighted by atomic mass is 9.73. The van der Waals surface area contributed by atoms with Crippen molar-refractivity contribution in [3.63, 3.8) is 0 Å². The molecule has 3 aromatic carbocycles. The van der Waals surface area contributed by atoms with Crippen LogP contribution in [0.2, 0.25) is 0 Å². The van der Waals surface area contributed by atoms with Crippen LogP contribution in [0.5, 0.6) is 11.5 Å². The van der Waals surface area contributed by atoms with Gasteiger partial charge in [-0.3, -0.25) is 9.59 Å². The van der Waals surface area contributed by atoms with Crippen LogP contribution in [0.3, 0.4) is 0 Å².